The second-order valence-corrected chi connectivity index (χ2v) is 7.62. The summed E-state index contributed by atoms with van der Waals surface area (Å²) in [5.41, 5.74) is 2.89. The number of likely N-dealkylation sites (tertiary alicyclic amines) is 1. The quantitative estimate of drug-likeness (QED) is 0.688. The van der Waals surface area contributed by atoms with Gasteiger partial charge in [0, 0.05) is 25.7 Å². The van der Waals surface area contributed by atoms with Gasteiger partial charge in [-0.15, -0.1) is 0 Å². The van der Waals surface area contributed by atoms with Crippen molar-refractivity contribution in [2.24, 2.45) is 0 Å². The van der Waals surface area contributed by atoms with Gasteiger partial charge in [-0.2, -0.15) is 0 Å². The molecule has 2 bridgehead atoms. The predicted molar refractivity (Wildman–Crippen MR) is 112 cm³/mol. The molecule has 2 atom stereocenters. The Kier molecular flexibility index (Phi) is 4.74. The molecule has 3 aromatic rings. The van der Waals surface area contributed by atoms with Crippen LogP contribution in [0.2, 0.25) is 0 Å². The first kappa shape index (κ1) is 17.9. The summed E-state index contributed by atoms with van der Waals surface area (Å²) in [6.45, 7) is 1.92. The van der Waals surface area contributed by atoms with Crippen molar-refractivity contribution in [3.05, 3.63) is 90.3 Å². The van der Waals surface area contributed by atoms with Crippen LogP contribution in [0.3, 0.4) is 0 Å². The molecule has 3 heterocycles. The van der Waals surface area contributed by atoms with Crippen molar-refractivity contribution in [3.63, 3.8) is 0 Å². The standard InChI is InChI=1S/C24H23N3O2/c28-24-22-14-20(17-26(22)15-18-8-2-1-3-9-18)29-23-12-5-4-11-21(23)27(24)16-19-10-6-7-13-25-19/h1-13,20,22H,14-17H2/t20-,22-/m0/s1. The largest absolute Gasteiger partial charge is 0.487 e. The zero-order valence-electron chi connectivity index (χ0n) is 16.1. The molecule has 0 N–H and O–H groups in total. The highest BCUT2D eigenvalue weighted by molar-refractivity contribution is 5.99. The van der Waals surface area contributed by atoms with E-state index >= 15 is 0 Å². The Hall–Kier alpha value is -3.18. The molecule has 5 rings (SSSR count). The molecule has 5 nitrogen and oxygen atoms in total. The fourth-order valence-corrected chi connectivity index (χ4v) is 4.27. The number of fused-ring (bicyclic) bond motifs is 3. The van der Waals surface area contributed by atoms with E-state index in [1.165, 1.54) is 5.56 Å². The van der Waals surface area contributed by atoms with Gasteiger partial charge in [0.2, 0.25) is 5.91 Å². The summed E-state index contributed by atoms with van der Waals surface area (Å²) in [4.78, 5) is 22.2. The number of carbonyl (C=O) groups excluding carboxylic acids is 1. The fraction of sp³-hybridized carbons (Fsp3) is 0.250. The van der Waals surface area contributed by atoms with Crippen LogP contribution in [0.4, 0.5) is 5.69 Å². The van der Waals surface area contributed by atoms with Gasteiger partial charge in [0.25, 0.3) is 0 Å². The van der Waals surface area contributed by atoms with Crippen molar-refractivity contribution in [1.82, 2.24) is 9.88 Å². The van der Waals surface area contributed by atoms with Crippen LogP contribution in [0, 0.1) is 0 Å². The second kappa shape index (κ2) is 7.68. The normalized spacial score (nSPS) is 21.2. The van der Waals surface area contributed by atoms with Gasteiger partial charge < -0.3 is 9.64 Å². The van der Waals surface area contributed by atoms with E-state index < -0.39 is 0 Å². The monoisotopic (exact) mass is 385 g/mol. The first-order valence-corrected chi connectivity index (χ1v) is 10.0. The van der Waals surface area contributed by atoms with Gasteiger partial charge in [-0.05, 0) is 29.8 Å². The third-order valence-corrected chi connectivity index (χ3v) is 5.64. The van der Waals surface area contributed by atoms with Crippen LogP contribution < -0.4 is 9.64 Å². The minimum absolute atomic E-state index is 0.0193. The highest BCUT2D eigenvalue weighted by Gasteiger charge is 2.42. The second-order valence-electron chi connectivity index (χ2n) is 7.62. The molecule has 0 spiro atoms. The van der Waals surface area contributed by atoms with Crippen LogP contribution in [0.5, 0.6) is 5.75 Å². The van der Waals surface area contributed by atoms with Gasteiger partial charge in [0.1, 0.15) is 11.9 Å². The summed E-state index contributed by atoms with van der Waals surface area (Å²) in [7, 11) is 0. The Balaban J connectivity index is 1.49. The molecule has 2 aliphatic rings. The predicted octanol–water partition coefficient (Wildman–Crippen LogP) is 3.65. The van der Waals surface area contributed by atoms with Gasteiger partial charge in [-0.1, -0.05) is 48.5 Å². The first-order chi connectivity index (χ1) is 14.3. The van der Waals surface area contributed by atoms with Crippen LogP contribution in [-0.2, 0) is 17.9 Å². The maximum Gasteiger partial charge on any atom is 0.244 e. The average molecular weight is 385 g/mol. The van der Waals surface area contributed by atoms with E-state index in [0.717, 1.165) is 30.2 Å². The van der Waals surface area contributed by atoms with Crippen molar-refractivity contribution >= 4 is 11.6 Å². The number of anilines is 1. The average Bonchev–Trinajstić information content (AvgIpc) is 3.16. The minimum atomic E-state index is -0.197. The maximum atomic E-state index is 13.7. The van der Waals surface area contributed by atoms with Gasteiger partial charge in [0.15, 0.2) is 0 Å². The van der Waals surface area contributed by atoms with E-state index in [2.05, 4.69) is 22.0 Å². The molecule has 2 aliphatic heterocycles. The number of aromatic nitrogens is 1. The molecule has 0 aliphatic carbocycles. The zero-order valence-corrected chi connectivity index (χ0v) is 16.1. The van der Waals surface area contributed by atoms with Crippen LogP contribution in [-0.4, -0.2) is 34.5 Å². The Bertz CT molecular complexity index is 993. The zero-order chi connectivity index (χ0) is 19.6. The highest BCUT2D eigenvalue weighted by Crippen LogP contribution is 2.37. The minimum Gasteiger partial charge on any atom is -0.487 e. The molecule has 2 aromatic carbocycles. The summed E-state index contributed by atoms with van der Waals surface area (Å²) in [6.07, 6.45) is 2.49. The number of pyridine rings is 1. The van der Waals surface area contributed by atoms with Crippen molar-refractivity contribution in [3.8, 4) is 5.75 Å². The SMILES string of the molecule is O=C1[C@@H]2C[C@@H](CN2Cc2ccccc2)Oc2ccccc2N1Cc1ccccn1. The van der Waals surface area contributed by atoms with E-state index in [1.807, 2.05) is 65.6 Å². The van der Waals surface area contributed by atoms with E-state index in [-0.39, 0.29) is 18.1 Å². The maximum absolute atomic E-state index is 13.7. The van der Waals surface area contributed by atoms with Crippen molar-refractivity contribution in [1.29, 1.82) is 0 Å². The van der Waals surface area contributed by atoms with Gasteiger partial charge >= 0.3 is 0 Å². The number of hydrogen-bond acceptors (Lipinski definition) is 4. The molecule has 0 saturated carbocycles. The van der Waals surface area contributed by atoms with Crippen molar-refractivity contribution in [2.75, 3.05) is 11.4 Å². The lowest BCUT2D eigenvalue weighted by Gasteiger charge is -2.31. The van der Waals surface area contributed by atoms with E-state index in [9.17, 15) is 4.79 Å². The fourth-order valence-electron chi connectivity index (χ4n) is 4.27. The Labute approximate surface area is 170 Å². The molecule has 5 heteroatoms. The van der Waals surface area contributed by atoms with Crippen molar-refractivity contribution < 1.29 is 9.53 Å². The topological polar surface area (TPSA) is 45.7 Å². The van der Waals surface area contributed by atoms with Gasteiger partial charge in [-0.25, -0.2) is 0 Å². The summed E-state index contributed by atoms with van der Waals surface area (Å²) < 4.78 is 6.36. The molecule has 1 saturated heterocycles. The number of nitrogens with zero attached hydrogens (tertiary/aromatic N) is 3. The molecule has 1 aromatic heterocycles. The highest BCUT2D eigenvalue weighted by atomic mass is 16.5. The van der Waals surface area contributed by atoms with Gasteiger partial charge in [-0.3, -0.25) is 14.7 Å². The Morgan fingerprint density at radius 2 is 1.72 bits per heavy atom. The third-order valence-electron chi connectivity index (χ3n) is 5.64. The number of amides is 1. The molecule has 1 amide bonds. The van der Waals surface area contributed by atoms with E-state index in [4.69, 9.17) is 4.74 Å². The summed E-state index contributed by atoms with van der Waals surface area (Å²) in [5, 5.41) is 0. The summed E-state index contributed by atoms with van der Waals surface area (Å²) >= 11 is 0. The smallest absolute Gasteiger partial charge is 0.244 e. The number of carbonyl (C=O) groups is 1. The number of ether oxygens (including phenoxy) is 1. The Morgan fingerprint density at radius 3 is 2.55 bits per heavy atom. The third kappa shape index (κ3) is 3.61. The number of hydrogen-bond donors (Lipinski definition) is 0. The van der Waals surface area contributed by atoms with Gasteiger partial charge in [0.05, 0.1) is 24.0 Å². The summed E-state index contributed by atoms with van der Waals surface area (Å²) in [6, 6.07) is 23.7. The molecule has 0 unspecified atom stereocenters. The molecular weight excluding hydrogens is 362 g/mol. The molecule has 0 radical (unpaired) electrons. The number of rotatable bonds is 4. The van der Waals surface area contributed by atoms with Crippen LogP contribution >= 0.6 is 0 Å². The summed E-state index contributed by atoms with van der Waals surface area (Å²) in [5.74, 6) is 0.881. The molecule has 29 heavy (non-hydrogen) atoms. The first-order valence-electron chi connectivity index (χ1n) is 10.0. The Morgan fingerprint density at radius 1 is 0.931 bits per heavy atom. The van der Waals surface area contributed by atoms with E-state index in [1.54, 1.807) is 6.20 Å². The van der Waals surface area contributed by atoms with Crippen LogP contribution in [0.1, 0.15) is 17.7 Å². The lowest BCUT2D eigenvalue weighted by atomic mass is 10.1. The lowest BCUT2D eigenvalue weighted by molar-refractivity contribution is -0.123. The molecule has 1 fully saturated rings. The molecule has 146 valence electrons. The van der Waals surface area contributed by atoms with Crippen molar-refractivity contribution in [2.45, 2.75) is 31.7 Å². The number of para-hydroxylation sites is 2. The molecular formula is C24H23N3O2. The van der Waals surface area contributed by atoms with E-state index in [0.29, 0.717) is 13.0 Å². The van der Waals surface area contributed by atoms with Crippen LogP contribution in [0.25, 0.3) is 0 Å². The lowest BCUT2D eigenvalue weighted by Crippen LogP contribution is -2.45. The number of benzene rings is 2. The van der Waals surface area contributed by atoms with Crippen LogP contribution in [0.15, 0.2) is 79.0 Å².